The van der Waals surface area contributed by atoms with Crippen LogP contribution in [0.3, 0.4) is 0 Å². The molecule has 1 N–H and O–H groups in total. The second-order valence-electron chi connectivity index (χ2n) is 5.31. The van der Waals surface area contributed by atoms with Gasteiger partial charge in [0.05, 0.1) is 31.6 Å². The number of para-hydroxylation sites is 1. The third-order valence-electron chi connectivity index (χ3n) is 3.66. The molecule has 23 heavy (non-hydrogen) atoms. The molecular formula is C15H22N2O5S. The van der Waals surface area contributed by atoms with Crippen molar-refractivity contribution in [1.29, 1.82) is 0 Å². The number of carbonyl (C=O) groups excluding carboxylic acids is 1. The minimum absolute atomic E-state index is 0.0449. The summed E-state index contributed by atoms with van der Waals surface area (Å²) in [7, 11) is -1.94. The van der Waals surface area contributed by atoms with E-state index in [2.05, 4.69) is 5.32 Å². The van der Waals surface area contributed by atoms with Crippen LogP contribution in [0.4, 0.5) is 0 Å². The van der Waals surface area contributed by atoms with Crippen LogP contribution in [0, 0.1) is 0 Å². The molecule has 0 aromatic heterocycles. The molecule has 0 spiro atoms. The van der Waals surface area contributed by atoms with E-state index in [1.807, 2.05) is 6.92 Å². The third-order valence-corrected chi connectivity index (χ3v) is 5.64. The van der Waals surface area contributed by atoms with Gasteiger partial charge in [-0.05, 0) is 19.1 Å². The molecule has 1 aromatic rings. The predicted molar refractivity (Wildman–Crippen MR) is 86.1 cm³/mol. The average Bonchev–Trinajstić information content (AvgIpc) is 2.54. The monoisotopic (exact) mass is 342 g/mol. The Morgan fingerprint density at radius 3 is 2.87 bits per heavy atom. The lowest BCUT2D eigenvalue weighted by Crippen LogP contribution is -2.49. The molecule has 1 unspecified atom stereocenters. The molecule has 8 heteroatoms. The van der Waals surface area contributed by atoms with Crippen LogP contribution in [0.5, 0.6) is 5.75 Å². The lowest BCUT2D eigenvalue weighted by Gasteiger charge is -2.32. The maximum absolute atomic E-state index is 12.3. The van der Waals surface area contributed by atoms with Crippen LogP contribution in [0.25, 0.3) is 0 Å². The van der Waals surface area contributed by atoms with Gasteiger partial charge in [-0.15, -0.1) is 0 Å². The van der Waals surface area contributed by atoms with Gasteiger partial charge in [-0.1, -0.05) is 12.1 Å². The molecular weight excluding hydrogens is 320 g/mol. The fourth-order valence-corrected chi connectivity index (χ4v) is 4.02. The van der Waals surface area contributed by atoms with Gasteiger partial charge in [0, 0.05) is 19.1 Å². The summed E-state index contributed by atoms with van der Waals surface area (Å²) in [6.45, 7) is 3.00. The van der Waals surface area contributed by atoms with Crippen LogP contribution < -0.4 is 10.1 Å². The van der Waals surface area contributed by atoms with E-state index in [-0.39, 0.29) is 24.2 Å². The van der Waals surface area contributed by atoms with Crippen molar-refractivity contribution in [3.05, 3.63) is 29.8 Å². The Balaban J connectivity index is 1.92. The van der Waals surface area contributed by atoms with Gasteiger partial charge in [-0.2, -0.15) is 4.31 Å². The molecule has 7 nitrogen and oxygen atoms in total. The molecule has 0 radical (unpaired) electrons. The van der Waals surface area contributed by atoms with Gasteiger partial charge in [0.2, 0.25) is 10.0 Å². The van der Waals surface area contributed by atoms with Crippen LogP contribution in [-0.4, -0.2) is 63.8 Å². The van der Waals surface area contributed by atoms with Gasteiger partial charge in [0.25, 0.3) is 5.91 Å². The number of amides is 1. The number of carbonyl (C=O) groups is 1. The van der Waals surface area contributed by atoms with E-state index in [0.29, 0.717) is 31.1 Å². The van der Waals surface area contributed by atoms with Crippen LogP contribution in [0.15, 0.2) is 24.3 Å². The molecule has 1 amide bonds. The number of rotatable bonds is 6. The van der Waals surface area contributed by atoms with Crippen LogP contribution in [-0.2, 0) is 14.8 Å². The Labute approximate surface area is 136 Å². The maximum Gasteiger partial charge on any atom is 0.255 e. The number of methoxy groups -OCH3 is 1. The van der Waals surface area contributed by atoms with E-state index in [1.165, 1.54) is 11.4 Å². The first-order valence-corrected chi connectivity index (χ1v) is 9.05. The first kappa shape index (κ1) is 17.7. The van der Waals surface area contributed by atoms with Crippen molar-refractivity contribution in [2.75, 3.05) is 39.2 Å². The molecule has 1 aromatic carbocycles. The minimum Gasteiger partial charge on any atom is -0.496 e. The number of benzene rings is 1. The van der Waals surface area contributed by atoms with Crippen LogP contribution in [0.2, 0.25) is 0 Å². The molecule has 1 aliphatic heterocycles. The predicted octanol–water partition coefficient (Wildman–Crippen LogP) is 0.476. The topological polar surface area (TPSA) is 84.9 Å². The number of morpholine rings is 1. The molecule has 128 valence electrons. The average molecular weight is 342 g/mol. The number of ether oxygens (including phenoxy) is 2. The number of hydrogen-bond acceptors (Lipinski definition) is 5. The van der Waals surface area contributed by atoms with Gasteiger partial charge < -0.3 is 14.8 Å². The Morgan fingerprint density at radius 2 is 2.17 bits per heavy atom. The Kier molecular flexibility index (Phi) is 5.97. The van der Waals surface area contributed by atoms with Gasteiger partial charge in [0.1, 0.15) is 5.75 Å². The van der Waals surface area contributed by atoms with E-state index in [4.69, 9.17) is 9.47 Å². The Bertz CT molecular complexity index is 647. The quantitative estimate of drug-likeness (QED) is 0.813. The van der Waals surface area contributed by atoms with Crippen molar-refractivity contribution in [1.82, 2.24) is 9.62 Å². The summed E-state index contributed by atoms with van der Waals surface area (Å²) in [6.07, 6.45) is 0. The first-order valence-electron chi connectivity index (χ1n) is 7.44. The fraction of sp³-hybridized carbons (Fsp3) is 0.533. The molecule has 1 saturated heterocycles. The van der Waals surface area contributed by atoms with E-state index >= 15 is 0 Å². The van der Waals surface area contributed by atoms with Gasteiger partial charge in [-0.3, -0.25) is 4.79 Å². The van der Waals surface area contributed by atoms with Crippen molar-refractivity contribution < 1.29 is 22.7 Å². The van der Waals surface area contributed by atoms with Crippen molar-refractivity contribution >= 4 is 15.9 Å². The van der Waals surface area contributed by atoms with E-state index in [9.17, 15) is 13.2 Å². The lowest BCUT2D eigenvalue weighted by molar-refractivity contribution is 0.0393. The first-order chi connectivity index (χ1) is 11.0. The highest BCUT2D eigenvalue weighted by Crippen LogP contribution is 2.17. The molecule has 1 aliphatic rings. The summed E-state index contributed by atoms with van der Waals surface area (Å²) in [6, 6.07) is 6.62. The molecule has 2 rings (SSSR count). The molecule has 1 atom stereocenters. The Hall–Kier alpha value is -1.64. The number of nitrogens with zero attached hydrogens (tertiary/aromatic N) is 1. The summed E-state index contributed by atoms with van der Waals surface area (Å²) in [4.78, 5) is 12.1. The van der Waals surface area contributed by atoms with E-state index in [1.54, 1.807) is 24.3 Å². The zero-order chi connectivity index (χ0) is 16.9. The summed E-state index contributed by atoms with van der Waals surface area (Å²) in [5.41, 5.74) is 0.382. The van der Waals surface area contributed by atoms with Crippen LogP contribution in [0.1, 0.15) is 17.3 Å². The molecule has 0 bridgehead atoms. The highest BCUT2D eigenvalue weighted by Gasteiger charge is 2.29. The maximum atomic E-state index is 12.3. The normalized spacial score (nSPS) is 19.3. The van der Waals surface area contributed by atoms with Crippen molar-refractivity contribution in [3.63, 3.8) is 0 Å². The Morgan fingerprint density at radius 1 is 1.43 bits per heavy atom. The minimum atomic E-state index is -3.42. The van der Waals surface area contributed by atoms with Gasteiger partial charge in [0.15, 0.2) is 0 Å². The molecule has 1 heterocycles. The number of hydrogen-bond donors (Lipinski definition) is 1. The van der Waals surface area contributed by atoms with Crippen molar-refractivity contribution in [2.24, 2.45) is 0 Å². The summed E-state index contributed by atoms with van der Waals surface area (Å²) in [5.74, 6) is -0.0413. The van der Waals surface area contributed by atoms with Crippen molar-refractivity contribution in [2.45, 2.75) is 13.0 Å². The second kappa shape index (κ2) is 7.76. The summed E-state index contributed by atoms with van der Waals surface area (Å²) >= 11 is 0. The van der Waals surface area contributed by atoms with Crippen molar-refractivity contribution in [3.8, 4) is 5.75 Å². The van der Waals surface area contributed by atoms with E-state index < -0.39 is 10.0 Å². The number of nitrogens with one attached hydrogen (secondary N) is 1. The third kappa shape index (κ3) is 4.43. The SMILES string of the molecule is COc1ccccc1C(=O)NCCS(=O)(=O)N1CCOCC1C. The van der Waals surface area contributed by atoms with Gasteiger partial charge >= 0.3 is 0 Å². The standard InChI is InChI=1S/C15H22N2O5S/c1-12-11-22-9-8-17(12)23(19,20)10-7-16-15(18)13-5-3-4-6-14(13)21-2/h3-6,12H,7-11H2,1-2H3,(H,16,18). The fourth-order valence-electron chi connectivity index (χ4n) is 2.46. The van der Waals surface area contributed by atoms with Gasteiger partial charge in [-0.25, -0.2) is 8.42 Å². The molecule has 1 fully saturated rings. The second-order valence-corrected chi connectivity index (χ2v) is 7.35. The smallest absolute Gasteiger partial charge is 0.255 e. The summed E-state index contributed by atoms with van der Waals surface area (Å²) in [5, 5.41) is 2.63. The highest BCUT2D eigenvalue weighted by atomic mass is 32.2. The largest absolute Gasteiger partial charge is 0.496 e. The lowest BCUT2D eigenvalue weighted by atomic mass is 10.2. The van der Waals surface area contributed by atoms with E-state index in [0.717, 1.165) is 0 Å². The zero-order valence-electron chi connectivity index (χ0n) is 13.3. The summed E-state index contributed by atoms with van der Waals surface area (Å²) < 4.78 is 36.5. The number of sulfonamides is 1. The zero-order valence-corrected chi connectivity index (χ0v) is 14.1. The van der Waals surface area contributed by atoms with Crippen LogP contribution >= 0.6 is 0 Å². The molecule has 0 aliphatic carbocycles. The molecule has 0 saturated carbocycles. The highest BCUT2D eigenvalue weighted by molar-refractivity contribution is 7.89.